The van der Waals surface area contributed by atoms with Crippen LogP contribution in [0.1, 0.15) is 5.56 Å². The van der Waals surface area contributed by atoms with Crippen LogP contribution in [-0.2, 0) is 14.1 Å². The number of aromatic amines is 1. The van der Waals surface area contributed by atoms with E-state index in [0.29, 0.717) is 5.69 Å². The number of hydrogen-bond donors (Lipinski definition) is 1. The van der Waals surface area contributed by atoms with Crippen molar-refractivity contribution >= 4 is 6.08 Å². The first-order valence-electron chi connectivity index (χ1n) is 7.57. The Morgan fingerprint density at radius 1 is 1.04 bits per heavy atom. The van der Waals surface area contributed by atoms with Gasteiger partial charge in [-0.25, -0.2) is 14.0 Å². The van der Waals surface area contributed by atoms with Gasteiger partial charge in [0, 0.05) is 20.3 Å². The minimum Gasteiger partial charge on any atom is -0.302 e. The molecule has 132 valence electrons. The molecule has 0 amide bonds. The molecule has 2 aromatic heterocycles. The highest BCUT2D eigenvalue weighted by Crippen LogP contribution is 2.09. The standard InChI is InChI=1S/C17H15N5O4/c1-4-10-5-7-11(8-6-10)22-15(24)13(19-21(3)17(22)26)12-9-18-20(2)16(25)14(12)23/h4-9,18H,1H2,2-3H3. The second kappa shape index (κ2) is 6.28. The van der Waals surface area contributed by atoms with Crippen molar-refractivity contribution in [3.05, 3.63) is 84.0 Å². The molecule has 0 atom stereocenters. The number of benzene rings is 1. The van der Waals surface area contributed by atoms with Gasteiger partial charge >= 0.3 is 11.2 Å². The van der Waals surface area contributed by atoms with Gasteiger partial charge in [0.15, 0.2) is 5.69 Å². The van der Waals surface area contributed by atoms with Gasteiger partial charge in [-0.1, -0.05) is 24.8 Å². The summed E-state index contributed by atoms with van der Waals surface area (Å²) in [5.41, 5.74) is -2.56. The Morgan fingerprint density at radius 2 is 1.69 bits per heavy atom. The zero-order valence-corrected chi connectivity index (χ0v) is 14.1. The van der Waals surface area contributed by atoms with Gasteiger partial charge in [0.25, 0.3) is 11.0 Å². The summed E-state index contributed by atoms with van der Waals surface area (Å²) in [4.78, 5) is 49.4. The SMILES string of the molecule is C=Cc1ccc(-n2c(=O)c(-c3c[nH]n(C)c(=O)c3=O)nn(C)c2=O)cc1. The van der Waals surface area contributed by atoms with Crippen LogP contribution in [0.5, 0.6) is 0 Å². The summed E-state index contributed by atoms with van der Waals surface area (Å²) in [6.07, 6.45) is 2.84. The molecule has 0 radical (unpaired) electrons. The van der Waals surface area contributed by atoms with Crippen molar-refractivity contribution in [1.82, 2.24) is 24.1 Å². The van der Waals surface area contributed by atoms with Crippen molar-refractivity contribution in [1.29, 1.82) is 0 Å². The summed E-state index contributed by atoms with van der Waals surface area (Å²) in [5.74, 6) is 0. The van der Waals surface area contributed by atoms with Crippen LogP contribution in [0.3, 0.4) is 0 Å². The van der Waals surface area contributed by atoms with Crippen molar-refractivity contribution in [3.63, 3.8) is 0 Å². The van der Waals surface area contributed by atoms with Crippen molar-refractivity contribution < 1.29 is 0 Å². The topological polar surface area (TPSA) is 112 Å². The minimum absolute atomic E-state index is 0.204. The maximum absolute atomic E-state index is 12.9. The first-order valence-corrected chi connectivity index (χ1v) is 7.57. The predicted molar refractivity (Wildman–Crippen MR) is 96.5 cm³/mol. The van der Waals surface area contributed by atoms with E-state index >= 15 is 0 Å². The fraction of sp³-hybridized carbons (Fsp3) is 0.118. The molecule has 2 heterocycles. The van der Waals surface area contributed by atoms with Crippen LogP contribution < -0.4 is 22.2 Å². The fourth-order valence-corrected chi connectivity index (χ4v) is 2.46. The lowest BCUT2D eigenvalue weighted by Gasteiger charge is -2.09. The normalized spacial score (nSPS) is 10.7. The largest absolute Gasteiger partial charge is 0.351 e. The Bertz CT molecular complexity index is 1240. The lowest BCUT2D eigenvalue weighted by molar-refractivity contribution is 0.634. The molecule has 0 fully saturated rings. The molecule has 1 aromatic carbocycles. The van der Waals surface area contributed by atoms with Gasteiger partial charge < -0.3 is 5.10 Å². The van der Waals surface area contributed by atoms with E-state index in [1.807, 2.05) is 0 Å². The number of hydrogen-bond acceptors (Lipinski definition) is 5. The summed E-state index contributed by atoms with van der Waals surface area (Å²) >= 11 is 0. The Kier molecular flexibility index (Phi) is 4.13. The van der Waals surface area contributed by atoms with Crippen molar-refractivity contribution in [2.24, 2.45) is 14.1 Å². The van der Waals surface area contributed by atoms with Gasteiger partial charge in [-0.05, 0) is 17.7 Å². The zero-order valence-electron chi connectivity index (χ0n) is 14.1. The molecule has 3 aromatic rings. The smallest absolute Gasteiger partial charge is 0.302 e. The van der Waals surface area contributed by atoms with Gasteiger partial charge in [-0.2, -0.15) is 5.10 Å². The molecule has 26 heavy (non-hydrogen) atoms. The minimum atomic E-state index is -0.886. The molecule has 0 aliphatic heterocycles. The first kappa shape index (κ1) is 17.1. The third-order valence-electron chi connectivity index (χ3n) is 3.91. The van der Waals surface area contributed by atoms with Crippen LogP contribution in [0.4, 0.5) is 0 Å². The number of nitrogens with one attached hydrogen (secondary N) is 1. The highest BCUT2D eigenvalue weighted by molar-refractivity contribution is 5.56. The molecule has 0 aliphatic rings. The second-order valence-electron chi connectivity index (χ2n) is 5.57. The monoisotopic (exact) mass is 353 g/mol. The summed E-state index contributed by atoms with van der Waals surface area (Å²) in [6, 6.07) is 6.55. The maximum atomic E-state index is 12.9. The molecule has 1 N–H and O–H groups in total. The van der Waals surface area contributed by atoms with Crippen molar-refractivity contribution in [3.8, 4) is 16.9 Å². The highest BCUT2D eigenvalue weighted by atomic mass is 16.2. The Balaban J connectivity index is 2.36. The molecular formula is C17H15N5O4. The average Bonchev–Trinajstić information content (AvgIpc) is 2.64. The highest BCUT2D eigenvalue weighted by Gasteiger charge is 2.18. The number of rotatable bonds is 3. The quantitative estimate of drug-likeness (QED) is 0.646. The first-order chi connectivity index (χ1) is 12.3. The van der Waals surface area contributed by atoms with E-state index in [4.69, 9.17) is 0 Å². The Hall–Kier alpha value is -3.75. The van der Waals surface area contributed by atoms with E-state index < -0.39 is 22.2 Å². The predicted octanol–water partition coefficient (Wildman–Crippen LogP) is -0.372. The molecule has 9 nitrogen and oxygen atoms in total. The number of nitrogens with zero attached hydrogens (tertiary/aromatic N) is 4. The van der Waals surface area contributed by atoms with Crippen molar-refractivity contribution in [2.75, 3.05) is 0 Å². The summed E-state index contributed by atoms with van der Waals surface area (Å²) in [5, 5.41) is 6.44. The van der Waals surface area contributed by atoms with Crippen LogP contribution in [-0.4, -0.2) is 24.1 Å². The third-order valence-corrected chi connectivity index (χ3v) is 3.91. The van der Waals surface area contributed by atoms with Crippen LogP contribution in [0.15, 0.2) is 56.2 Å². The lowest BCUT2D eigenvalue weighted by atomic mass is 10.2. The summed E-state index contributed by atoms with van der Waals surface area (Å²) in [6.45, 7) is 3.65. The number of H-pyrrole nitrogens is 1. The number of aryl methyl sites for hydroxylation is 2. The lowest BCUT2D eigenvalue weighted by Crippen LogP contribution is -2.42. The number of aromatic nitrogens is 5. The molecular weight excluding hydrogens is 338 g/mol. The molecule has 0 saturated carbocycles. The summed E-state index contributed by atoms with van der Waals surface area (Å²) < 4.78 is 2.82. The van der Waals surface area contributed by atoms with Crippen molar-refractivity contribution in [2.45, 2.75) is 0 Å². The van der Waals surface area contributed by atoms with Crippen LogP contribution >= 0.6 is 0 Å². The van der Waals surface area contributed by atoms with Gasteiger partial charge in [0.2, 0.25) is 0 Å². The van der Waals surface area contributed by atoms with Gasteiger partial charge in [-0.15, -0.1) is 0 Å². The van der Waals surface area contributed by atoms with E-state index in [1.54, 1.807) is 30.3 Å². The Labute approximate surface area is 146 Å². The van der Waals surface area contributed by atoms with E-state index in [9.17, 15) is 19.2 Å². The van der Waals surface area contributed by atoms with E-state index in [0.717, 1.165) is 19.5 Å². The van der Waals surface area contributed by atoms with E-state index in [1.165, 1.54) is 20.3 Å². The molecule has 0 spiro atoms. The molecule has 0 unspecified atom stereocenters. The van der Waals surface area contributed by atoms with Gasteiger partial charge in [-0.3, -0.25) is 19.1 Å². The summed E-state index contributed by atoms with van der Waals surface area (Å²) in [7, 11) is 2.73. The molecule has 0 saturated heterocycles. The van der Waals surface area contributed by atoms with Crippen LogP contribution in [0.2, 0.25) is 0 Å². The zero-order chi connectivity index (χ0) is 19.0. The molecule has 3 rings (SSSR count). The average molecular weight is 353 g/mol. The van der Waals surface area contributed by atoms with E-state index in [-0.39, 0.29) is 11.3 Å². The van der Waals surface area contributed by atoms with Gasteiger partial charge in [0.05, 0.1) is 11.3 Å². The fourth-order valence-electron chi connectivity index (χ4n) is 2.46. The molecule has 0 bridgehead atoms. The van der Waals surface area contributed by atoms with Gasteiger partial charge in [0.1, 0.15) is 0 Å². The second-order valence-corrected chi connectivity index (χ2v) is 5.57. The molecule has 9 heteroatoms. The van der Waals surface area contributed by atoms with Crippen LogP contribution in [0, 0.1) is 0 Å². The van der Waals surface area contributed by atoms with E-state index in [2.05, 4.69) is 16.8 Å². The molecule has 0 aliphatic carbocycles. The maximum Gasteiger partial charge on any atom is 0.351 e. The Morgan fingerprint density at radius 3 is 2.31 bits per heavy atom. The third kappa shape index (κ3) is 2.65. The van der Waals surface area contributed by atoms with Crippen LogP contribution in [0.25, 0.3) is 23.0 Å².